The summed E-state index contributed by atoms with van der Waals surface area (Å²) in [5.74, 6) is 1.17. The van der Waals surface area contributed by atoms with Crippen LogP contribution < -0.4 is 0 Å². The standard InChI is InChI=1S/C20H22N4O2/c1-14(2)19-13-17(22-26-19)18-8-4-10-23(18)20(25)15-6-3-7-16(12-15)24-11-5-9-21-24/h3,5-7,9,11-14,18H,4,8,10H2,1-2H3/t18-/m0/s1. The van der Waals surface area contributed by atoms with Crippen molar-refractivity contribution in [2.75, 3.05) is 6.54 Å². The molecule has 1 aromatic carbocycles. The molecule has 0 N–H and O–H groups in total. The number of amides is 1. The first-order valence-corrected chi connectivity index (χ1v) is 9.01. The topological polar surface area (TPSA) is 64.2 Å². The van der Waals surface area contributed by atoms with Crippen LogP contribution in [0, 0.1) is 0 Å². The Hall–Kier alpha value is -2.89. The van der Waals surface area contributed by atoms with Crippen molar-refractivity contribution in [3.8, 4) is 5.69 Å². The Kier molecular flexibility index (Phi) is 4.32. The van der Waals surface area contributed by atoms with Gasteiger partial charge in [0.2, 0.25) is 0 Å². The number of benzene rings is 1. The third-order valence-electron chi connectivity index (χ3n) is 4.83. The van der Waals surface area contributed by atoms with E-state index < -0.39 is 0 Å². The highest BCUT2D eigenvalue weighted by molar-refractivity contribution is 5.95. The maximum absolute atomic E-state index is 13.1. The first kappa shape index (κ1) is 16.6. The van der Waals surface area contributed by atoms with Crippen molar-refractivity contribution in [2.45, 2.75) is 38.6 Å². The summed E-state index contributed by atoms with van der Waals surface area (Å²) in [5.41, 5.74) is 2.39. The minimum atomic E-state index is -0.0212. The lowest BCUT2D eigenvalue weighted by Crippen LogP contribution is -2.30. The largest absolute Gasteiger partial charge is 0.361 e. The molecule has 0 aliphatic carbocycles. The van der Waals surface area contributed by atoms with Crippen molar-refractivity contribution < 1.29 is 9.32 Å². The van der Waals surface area contributed by atoms with Crippen LogP contribution in [-0.2, 0) is 0 Å². The molecule has 1 amide bonds. The summed E-state index contributed by atoms with van der Waals surface area (Å²) in [4.78, 5) is 15.0. The van der Waals surface area contributed by atoms with Crippen LogP contribution in [0.3, 0.4) is 0 Å². The van der Waals surface area contributed by atoms with Crippen molar-refractivity contribution in [3.05, 3.63) is 65.8 Å². The smallest absolute Gasteiger partial charge is 0.254 e. The number of aromatic nitrogens is 3. The molecule has 0 spiro atoms. The summed E-state index contributed by atoms with van der Waals surface area (Å²) >= 11 is 0. The molecule has 26 heavy (non-hydrogen) atoms. The van der Waals surface area contributed by atoms with Gasteiger partial charge in [-0.3, -0.25) is 4.79 Å². The molecule has 1 aliphatic rings. The van der Waals surface area contributed by atoms with Gasteiger partial charge in [-0.25, -0.2) is 4.68 Å². The zero-order valence-electron chi connectivity index (χ0n) is 15.0. The molecular formula is C20H22N4O2. The third kappa shape index (κ3) is 3.03. The third-order valence-corrected chi connectivity index (χ3v) is 4.83. The van der Waals surface area contributed by atoms with Gasteiger partial charge in [-0.1, -0.05) is 25.1 Å². The number of carbonyl (C=O) groups is 1. The van der Waals surface area contributed by atoms with E-state index in [0.29, 0.717) is 5.56 Å². The van der Waals surface area contributed by atoms with Crippen LogP contribution in [0.4, 0.5) is 0 Å². The molecule has 4 rings (SSSR count). The molecule has 1 atom stereocenters. The van der Waals surface area contributed by atoms with Gasteiger partial charge in [0.25, 0.3) is 5.91 Å². The van der Waals surface area contributed by atoms with Gasteiger partial charge in [0.05, 0.1) is 11.7 Å². The second kappa shape index (κ2) is 6.78. The fraction of sp³-hybridized carbons (Fsp3) is 0.350. The van der Waals surface area contributed by atoms with Crippen LogP contribution >= 0.6 is 0 Å². The van der Waals surface area contributed by atoms with E-state index in [4.69, 9.17) is 4.52 Å². The quantitative estimate of drug-likeness (QED) is 0.714. The summed E-state index contributed by atoms with van der Waals surface area (Å²) in [6.45, 7) is 4.88. The van der Waals surface area contributed by atoms with Crippen molar-refractivity contribution in [3.63, 3.8) is 0 Å². The van der Waals surface area contributed by atoms with Crippen molar-refractivity contribution in [1.82, 2.24) is 19.8 Å². The molecule has 3 heterocycles. The Morgan fingerprint density at radius 2 is 2.15 bits per heavy atom. The van der Waals surface area contributed by atoms with Crippen LogP contribution in [0.1, 0.15) is 60.5 Å². The number of carbonyl (C=O) groups excluding carboxylic acids is 1. The van der Waals surface area contributed by atoms with Gasteiger partial charge < -0.3 is 9.42 Å². The van der Waals surface area contributed by atoms with E-state index in [1.165, 1.54) is 0 Å². The SMILES string of the molecule is CC(C)c1cc([C@@H]2CCCN2C(=O)c2cccc(-n3cccn3)c2)no1. The lowest BCUT2D eigenvalue weighted by Gasteiger charge is -2.23. The fourth-order valence-corrected chi connectivity index (χ4v) is 3.42. The molecule has 6 nitrogen and oxygen atoms in total. The van der Waals surface area contributed by atoms with E-state index in [1.54, 1.807) is 10.9 Å². The van der Waals surface area contributed by atoms with Gasteiger partial charge in [-0.2, -0.15) is 5.10 Å². The number of hydrogen-bond donors (Lipinski definition) is 0. The fourth-order valence-electron chi connectivity index (χ4n) is 3.42. The molecule has 134 valence electrons. The molecule has 0 radical (unpaired) electrons. The summed E-state index contributed by atoms with van der Waals surface area (Å²) in [5, 5.41) is 8.46. The first-order chi connectivity index (χ1) is 12.6. The van der Waals surface area contributed by atoms with Gasteiger partial charge in [0.1, 0.15) is 11.5 Å². The van der Waals surface area contributed by atoms with Crippen LogP contribution in [0.25, 0.3) is 5.69 Å². The maximum atomic E-state index is 13.1. The van der Waals surface area contributed by atoms with Crippen molar-refractivity contribution in [2.24, 2.45) is 0 Å². The Bertz CT molecular complexity index is 898. The predicted octanol–water partition coefficient (Wildman–Crippen LogP) is 3.96. The maximum Gasteiger partial charge on any atom is 0.254 e. The minimum Gasteiger partial charge on any atom is -0.361 e. The second-order valence-electron chi connectivity index (χ2n) is 6.97. The summed E-state index contributed by atoms with van der Waals surface area (Å²) in [7, 11) is 0. The Labute approximate surface area is 152 Å². The second-order valence-corrected chi connectivity index (χ2v) is 6.97. The predicted molar refractivity (Wildman–Crippen MR) is 97.2 cm³/mol. The Balaban J connectivity index is 1.59. The lowest BCUT2D eigenvalue weighted by molar-refractivity contribution is 0.0730. The van der Waals surface area contributed by atoms with E-state index >= 15 is 0 Å². The van der Waals surface area contributed by atoms with Gasteiger partial charge in [0.15, 0.2) is 0 Å². The molecule has 0 unspecified atom stereocenters. The van der Waals surface area contributed by atoms with Crippen LogP contribution in [0.15, 0.2) is 53.3 Å². The summed E-state index contributed by atoms with van der Waals surface area (Å²) < 4.78 is 7.20. The van der Waals surface area contributed by atoms with Crippen LogP contribution in [0.2, 0.25) is 0 Å². The molecule has 1 saturated heterocycles. The molecule has 1 fully saturated rings. The number of hydrogen-bond acceptors (Lipinski definition) is 4. The first-order valence-electron chi connectivity index (χ1n) is 9.01. The van der Waals surface area contributed by atoms with E-state index in [2.05, 4.69) is 24.1 Å². The zero-order chi connectivity index (χ0) is 18.1. The Morgan fingerprint density at radius 3 is 2.88 bits per heavy atom. The highest BCUT2D eigenvalue weighted by Crippen LogP contribution is 2.34. The molecule has 2 aromatic heterocycles. The average Bonchev–Trinajstić information content (AvgIpc) is 3.41. The van der Waals surface area contributed by atoms with Crippen molar-refractivity contribution in [1.29, 1.82) is 0 Å². The highest BCUT2D eigenvalue weighted by Gasteiger charge is 2.33. The molecule has 0 saturated carbocycles. The van der Waals surface area contributed by atoms with Gasteiger partial charge in [0, 0.05) is 36.5 Å². The molecule has 1 aliphatic heterocycles. The monoisotopic (exact) mass is 350 g/mol. The van der Waals surface area contributed by atoms with E-state index in [0.717, 1.165) is 36.5 Å². The molecular weight excluding hydrogens is 328 g/mol. The minimum absolute atomic E-state index is 0.0212. The Morgan fingerprint density at radius 1 is 1.27 bits per heavy atom. The number of nitrogens with zero attached hydrogens (tertiary/aromatic N) is 4. The number of likely N-dealkylation sites (tertiary alicyclic amines) is 1. The van der Waals surface area contributed by atoms with Crippen LogP contribution in [-0.4, -0.2) is 32.3 Å². The highest BCUT2D eigenvalue weighted by atomic mass is 16.5. The van der Waals surface area contributed by atoms with E-state index in [9.17, 15) is 4.79 Å². The van der Waals surface area contributed by atoms with Gasteiger partial charge in [-0.05, 0) is 37.1 Å². The van der Waals surface area contributed by atoms with Gasteiger partial charge >= 0.3 is 0 Å². The average molecular weight is 350 g/mol. The van der Waals surface area contributed by atoms with Crippen molar-refractivity contribution >= 4 is 5.91 Å². The normalized spacial score (nSPS) is 17.2. The van der Waals surface area contributed by atoms with Gasteiger partial charge in [-0.15, -0.1) is 0 Å². The van der Waals surface area contributed by atoms with E-state index in [1.807, 2.05) is 47.5 Å². The summed E-state index contributed by atoms with van der Waals surface area (Å²) in [6, 6.07) is 11.4. The molecule has 0 bridgehead atoms. The molecule has 3 aromatic rings. The lowest BCUT2D eigenvalue weighted by atomic mass is 10.1. The summed E-state index contributed by atoms with van der Waals surface area (Å²) in [6.07, 6.45) is 5.47. The zero-order valence-corrected chi connectivity index (χ0v) is 15.0. The number of rotatable bonds is 4. The van der Waals surface area contributed by atoms with Crippen LogP contribution in [0.5, 0.6) is 0 Å². The van der Waals surface area contributed by atoms with E-state index in [-0.39, 0.29) is 17.9 Å². The molecule has 6 heteroatoms.